The van der Waals surface area contributed by atoms with Crippen LogP contribution in [-0.2, 0) is 4.79 Å². The van der Waals surface area contributed by atoms with Crippen LogP contribution in [0.15, 0.2) is 53.9 Å². The highest BCUT2D eigenvalue weighted by Gasteiger charge is 2.36. The van der Waals surface area contributed by atoms with E-state index in [1.54, 1.807) is 18.5 Å². The Bertz CT molecular complexity index is 624. The van der Waals surface area contributed by atoms with Gasteiger partial charge < -0.3 is 0 Å². The summed E-state index contributed by atoms with van der Waals surface area (Å²) >= 11 is 0. The highest BCUT2D eigenvalue weighted by atomic mass is 16.2. The lowest BCUT2D eigenvalue weighted by Crippen LogP contribution is -2.27. The maximum absolute atomic E-state index is 12.4. The average molecular weight is 252 g/mol. The van der Waals surface area contributed by atoms with Crippen molar-refractivity contribution in [3.05, 3.63) is 54.4 Å². The lowest BCUT2D eigenvalue weighted by molar-refractivity contribution is -0.118. The molecule has 2 heterocycles. The molecule has 0 fully saturated rings. The second-order valence-corrected chi connectivity index (χ2v) is 4.28. The first kappa shape index (κ1) is 11.5. The first-order chi connectivity index (χ1) is 9.27. The Morgan fingerprint density at radius 1 is 1.05 bits per heavy atom. The van der Waals surface area contributed by atoms with E-state index in [0.29, 0.717) is 5.95 Å². The topological polar surface area (TPSA) is 58.5 Å². The Morgan fingerprint density at radius 2 is 1.74 bits per heavy atom. The highest BCUT2D eigenvalue weighted by Crippen LogP contribution is 2.28. The number of benzene rings is 1. The number of aromatic nitrogens is 2. The van der Waals surface area contributed by atoms with Crippen molar-refractivity contribution < 1.29 is 4.79 Å². The number of hydrazone groups is 1. The van der Waals surface area contributed by atoms with Crippen molar-refractivity contribution in [1.29, 1.82) is 0 Å². The standard InChI is InChI=1S/C14H12N4O/c1-10-12(11-6-3-2-4-7-11)13(19)18(17-10)14-15-8-5-9-16-14/h2-9,12H,1H3. The van der Waals surface area contributed by atoms with Crippen molar-refractivity contribution in [3.63, 3.8) is 0 Å². The molecule has 0 N–H and O–H groups in total. The number of nitrogens with zero attached hydrogens (tertiary/aromatic N) is 4. The predicted molar refractivity (Wildman–Crippen MR) is 71.8 cm³/mol. The van der Waals surface area contributed by atoms with Crippen LogP contribution in [0.2, 0.25) is 0 Å². The SMILES string of the molecule is CC1=NN(c2ncccn2)C(=O)C1c1ccccc1. The van der Waals surface area contributed by atoms with Gasteiger partial charge in [-0.05, 0) is 18.6 Å². The van der Waals surface area contributed by atoms with Crippen molar-refractivity contribution in [2.45, 2.75) is 12.8 Å². The van der Waals surface area contributed by atoms with Crippen LogP contribution in [0.4, 0.5) is 5.95 Å². The quantitative estimate of drug-likeness (QED) is 0.821. The monoisotopic (exact) mass is 252 g/mol. The average Bonchev–Trinajstić information content (AvgIpc) is 2.76. The summed E-state index contributed by atoms with van der Waals surface area (Å²) < 4.78 is 0. The fourth-order valence-electron chi connectivity index (χ4n) is 2.14. The van der Waals surface area contributed by atoms with Gasteiger partial charge in [-0.1, -0.05) is 30.3 Å². The van der Waals surface area contributed by atoms with E-state index >= 15 is 0 Å². The van der Waals surface area contributed by atoms with Crippen LogP contribution in [0, 0.1) is 0 Å². The summed E-state index contributed by atoms with van der Waals surface area (Å²) in [5.74, 6) is -0.148. The lowest BCUT2D eigenvalue weighted by Gasteiger charge is -2.12. The number of rotatable bonds is 2. The van der Waals surface area contributed by atoms with Crippen molar-refractivity contribution in [3.8, 4) is 0 Å². The van der Waals surface area contributed by atoms with Gasteiger partial charge in [0.15, 0.2) is 0 Å². The molecule has 0 saturated heterocycles. The largest absolute Gasteiger partial charge is 0.271 e. The molecule has 1 aromatic carbocycles. The van der Waals surface area contributed by atoms with Gasteiger partial charge in [-0.2, -0.15) is 10.1 Å². The minimum atomic E-state index is -0.343. The Labute approximate surface area is 110 Å². The summed E-state index contributed by atoms with van der Waals surface area (Å²) in [6.07, 6.45) is 3.19. The molecule has 1 aliphatic heterocycles. The van der Waals surface area contributed by atoms with Gasteiger partial charge in [0.25, 0.3) is 11.9 Å². The van der Waals surface area contributed by atoms with Gasteiger partial charge in [-0.15, -0.1) is 0 Å². The Balaban J connectivity index is 1.96. The Morgan fingerprint density at radius 3 is 2.42 bits per heavy atom. The molecule has 19 heavy (non-hydrogen) atoms. The Hall–Kier alpha value is -2.56. The van der Waals surface area contributed by atoms with Gasteiger partial charge in [-0.3, -0.25) is 4.79 Å². The van der Waals surface area contributed by atoms with Crippen LogP contribution in [-0.4, -0.2) is 21.6 Å². The second kappa shape index (κ2) is 4.61. The van der Waals surface area contributed by atoms with Gasteiger partial charge in [-0.25, -0.2) is 9.97 Å². The summed E-state index contributed by atoms with van der Waals surface area (Å²) in [5.41, 5.74) is 1.69. The number of hydrogen-bond donors (Lipinski definition) is 0. The fourth-order valence-corrected chi connectivity index (χ4v) is 2.14. The number of anilines is 1. The first-order valence-electron chi connectivity index (χ1n) is 5.98. The van der Waals surface area contributed by atoms with E-state index in [1.807, 2.05) is 37.3 Å². The van der Waals surface area contributed by atoms with Crippen LogP contribution in [0.5, 0.6) is 0 Å². The third-order valence-electron chi connectivity index (χ3n) is 3.01. The molecule has 2 aromatic rings. The van der Waals surface area contributed by atoms with Crippen molar-refractivity contribution in [2.24, 2.45) is 5.10 Å². The van der Waals surface area contributed by atoms with Crippen LogP contribution in [0.3, 0.4) is 0 Å². The van der Waals surface area contributed by atoms with Gasteiger partial charge in [0, 0.05) is 12.4 Å². The number of hydrogen-bond acceptors (Lipinski definition) is 4. The number of amides is 1. The Kier molecular flexibility index (Phi) is 2.79. The summed E-state index contributed by atoms with van der Waals surface area (Å²) in [5, 5.41) is 5.54. The van der Waals surface area contributed by atoms with Crippen molar-refractivity contribution in [1.82, 2.24) is 9.97 Å². The van der Waals surface area contributed by atoms with E-state index in [2.05, 4.69) is 15.1 Å². The smallest absolute Gasteiger partial charge is 0.263 e. The van der Waals surface area contributed by atoms with Crippen LogP contribution < -0.4 is 5.01 Å². The molecule has 94 valence electrons. The minimum Gasteiger partial charge on any atom is -0.271 e. The lowest BCUT2D eigenvalue weighted by atomic mass is 9.95. The molecule has 0 saturated carbocycles. The third kappa shape index (κ3) is 1.99. The molecular weight excluding hydrogens is 240 g/mol. The molecule has 0 bridgehead atoms. The minimum absolute atomic E-state index is 0.116. The number of carbonyl (C=O) groups is 1. The molecule has 0 radical (unpaired) electrons. The van der Waals surface area contributed by atoms with Crippen LogP contribution >= 0.6 is 0 Å². The summed E-state index contributed by atoms with van der Waals surface area (Å²) in [4.78, 5) is 20.6. The molecule has 3 rings (SSSR count). The summed E-state index contributed by atoms with van der Waals surface area (Å²) in [7, 11) is 0. The van der Waals surface area contributed by atoms with Gasteiger partial charge in [0.1, 0.15) is 5.92 Å². The zero-order valence-electron chi connectivity index (χ0n) is 10.4. The van der Waals surface area contributed by atoms with Crippen molar-refractivity contribution in [2.75, 3.05) is 5.01 Å². The molecule has 1 unspecified atom stereocenters. The van der Waals surface area contributed by atoms with Crippen LogP contribution in [0.1, 0.15) is 18.4 Å². The molecule has 5 heteroatoms. The molecule has 1 amide bonds. The normalized spacial score (nSPS) is 18.6. The maximum Gasteiger partial charge on any atom is 0.263 e. The zero-order chi connectivity index (χ0) is 13.2. The maximum atomic E-state index is 12.4. The predicted octanol–water partition coefficient (Wildman–Crippen LogP) is 1.98. The van der Waals surface area contributed by atoms with Gasteiger partial charge in [0.05, 0.1) is 5.71 Å². The molecule has 5 nitrogen and oxygen atoms in total. The molecule has 0 aliphatic carbocycles. The fraction of sp³-hybridized carbons (Fsp3) is 0.143. The van der Waals surface area contributed by atoms with E-state index in [9.17, 15) is 4.79 Å². The number of carbonyl (C=O) groups excluding carboxylic acids is 1. The van der Waals surface area contributed by atoms with E-state index in [4.69, 9.17) is 0 Å². The zero-order valence-corrected chi connectivity index (χ0v) is 10.4. The molecule has 1 aromatic heterocycles. The summed E-state index contributed by atoms with van der Waals surface area (Å²) in [6.45, 7) is 1.85. The van der Waals surface area contributed by atoms with E-state index in [-0.39, 0.29) is 11.8 Å². The molecular formula is C14H12N4O. The summed E-state index contributed by atoms with van der Waals surface area (Å²) in [6, 6.07) is 11.3. The van der Waals surface area contributed by atoms with Crippen molar-refractivity contribution >= 4 is 17.6 Å². The highest BCUT2D eigenvalue weighted by molar-refractivity contribution is 6.18. The molecule has 1 atom stereocenters. The van der Waals surface area contributed by atoms with E-state index in [0.717, 1.165) is 11.3 Å². The van der Waals surface area contributed by atoms with E-state index in [1.165, 1.54) is 5.01 Å². The van der Waals surface area contributed by atoms with E-state index < -0.39 is 0 Å². The molecule has 1 aliphatic rings. The second-order valence-electron chi connectivity index (χ2n) is 4.28. The third-order valence-corrected chi connectivity index (χ3v) is 3.01. The van der Waals surface area contributed by atoms with Gasteiger partial charge in [0.2, 0.25) is 0 Å². The molecule has 0 spiro atoms. The van der Waals surface area contributed by atoms with Crippen LogP contribution in [0.25, 0.3) is 0 Å². The van der Waals surface area contributed by atoms with Gasteiger partial charge >= 0.3 is 0 Å². The first-order valence-corrected chi connectivity index (χ1v) is 5.98.